The van der Waals surface area contributed by atoms with Gasteiger partial charge in [0.2, 0.25) is 0 Å². The number of carbonyl (C=O) groups is 1. The average Bonchev–Trinajstić information content (AvgIpc) is 3.26. The predicted octanol–water partition coefficient (Wildman–Crippen LogP) is 3.23. The third-order valence-electron chi connectivity index (χ3n) is 5.77. The van der Waals surface area contributed by atoms with Gasteiger partial charge in [0.15, 0.2) is 6.10 Å². The molecule has 0 radical (unpaired) electrons. The van der Waals surface area contributed by atoms with Crippen LogP contribution in [0.3, 0.4) is 0 Å². The van der Waals surface area contributed by atoms with Crippen LogP contribution in [-0.4, -0.2) is 45.0 Å². The molecule has 2 aromatic heterocycles. The Labute approximate surface area is 181 Å². The first-order valence-corrected chi connectivity index (χ1v) is 10.4. The molecule has 4 rings (SSSR count). The van der Waals surface area contributed by atoms with Gasteiger partial charge >= 0.3 is 0 Å². The Bertz CT molecular complexity index is 1140. The number of amides is 1. The van der Waals surface area contributed by atoms with Crippen molar-refractivity contribution >= 4 is 5.91 Å². The molecule has 0 unspecified atom stereocenters. The number of aromatic amines is 1. The summed E-state index contributed by atoms with van der Waals surface area (Å²) in [6.45, 7) is 6.97. The molecule has 7 heteroatoms. The summed E-state index contributed by atoms with van der Waals surface area (Å²) < 4.78 is 5.89. The fourth-order valence-electron chi connectivity index (χ4n) is 3.83. The van der Waals surface area contributed by atoms with Crippen LogP contribution in [0, 0.1) is 13.8 Å². The number of aromatic nitrogens is 3. The van der Waals surface area contributed by atoms with Crippen molar-refractivity contribution in [3.8, 4) is 17.1 Å². The fraction of sp³-hybridized carbons (Fsp3) is 0.333. The second-order valence-electron chi connectivity index (χ2n) is 8.03. The number of ether oxygens (including phenoxy) is 1. The molecule has 3 aromatic rings. The van der Waals surface area contributed by atoms with E-state index in [9.17, 15) is 9.59 Å². The second-order valence-corrected chi connectivity index (χ2v) is 8.03. The maximum absolute atomic E-state index is 12.9. The third kappa shape index (κ3) is 4.66. The molecule has 1 saturated heterocycles. The Balaban J connectivity index is 1.45. The first kappa shape index (κ1) is 20.8. The molecule has 0 bridgehead atoms. The molecule has 1 aromatic carbocycles. The summed E-state index contributed by atoms with van der Waals surface area (Å²) in [7, 11) is 0. The van der Waals surface area contributed by atoms with Crippen LogP contribution in [0.1, 0.15) is 36.1 Å². The number of pyridine rings is 1. The second kappa shape index (κ2) is 8.71. The summed E-state index contributed by atoms with van der Waals surface area (Å²) in [6, 6.07) is 11.0. The molecule has 3 heterocycles. The van der Waals surface area contributed by atoms with Crippen LogP contribution >= 0.6 is 0 Å². The van der Waals surface area contributed by atoms with Crippen molar-refractivity contribution in [2.24, 2.45) is 0 Å². The number of hydrogen-bond donors (Lipinski definition) is 1. The van der Waals surface area contributed by atoms with Crippen molar-refractivity contribution in [2.45, 2.75) is 39.2 Å². The van der Waals surface area contributed by atoms with E-state index in [4.69, 9.17) is 4.74 Å². The summed E-state index contributed by atoms with van der Waals surface area (Å²) in [5, 5.41) is 0. The molecule has 0 spiro atoms. The summed E-state index contributed by atoms with van der Waals surface area (Å²) >= 11 is 0. The summed E-state index contributed by atoms with van der Waals surface area (Å²) in [5.41, 5.74) is 3.62. The maximum atomic E-state index is 12.9. The summed E-state index contributed by atoms with van der Waals surface area (Å²) in [5.74, 6) is 1.17. The van der Waals surface area contributed by atoms with Crippen molar-refractivity contribution in [1.29, 1.82) is 0 Å². The maximum Gasteiger partial charge on any atom is 0.263 e. The zero-order chi connectivity index (χ0) is 22.0. The summed E-state index contributed by atoms with van der Waals surface area (Å²) in [4.78, 5) is 38.4. The minimum absolute atomic E-state index is 0.0145. The number of rotatable bonds is 5. The highest BCUT2D eigenvalue weighted by Gasteiger charge is 2.31. The van der Waals surface area contributed by atoms with Gasteiger partial charge in [-0.05, 0) is 62.6 Å². The normalized spacial score (nSPS) is 16.9. The molecule has 1 N–H and O–H groups in total. The van der Waals surface area contributed by atoms with Crippen molar-refractivity contribution in [3.05, 3.63) is 76.0 Å². The van der Waals surface area contributed by atoms with E-state index in [-0.39, 0.29) is 17.4 Å². The van der Waals surface area contributed by atoms with Gasteiger partial charge in [-0.1, -0.05) is 6.07 Å². The fourth-order valence-corrected chi connectivity index (χ4v) is 3.83. The van der Waals surface area contributed by atoms with Crippen molar-refractivity contribution in [3.63, 3.8) is 0 Å². The highest BCUT2D eigenvalue weighted by Crippen LogP contribution is 2.27. The first-order chi connectivity index (χ1) is 14.9. The topological polar surface area (TPSA) is 88.2 Å². The van der Waals surface area contributed by atoms with E-state index in [1.807, 2.05) is 32.0 Å². The van der Waals surface area contributed by atoms with Gasteiger partial charge in [0.05, 0.1) is 5.69 Å². The van der Waals surface area contributed by atoms with E-state index in [0.29, 0.717) is 30.4 Å². The zero-order valence-corrected chi connectivity index (χ0v) is 18.0. The number of aryl methyl sites for hydroxylation is 2. The van der Waals surface area contributed by atoms with Gasteiger partial charge in [-0.15, -0.1) is 0 Å². The quantitative estimate of drug-likeness (QED) is 0.687. The molecular formula is C24H26N4O3. The number of likely N-dealkylation sites (tertiary alicyclic amines) is 1. The highest BCUT2D eigenvalue weighted by atomic mass is 16.5. The molecule has 1 fully saturated rings. The number of nitrogens with one attached hydrogen (secondary N) is 1. The molecular weight excluding hydrogens is 392 g/mol. The standard InChI is InChI=1S/C24H26N4O3/c1-15-4-5-20(12-16(15)2)31-17(3)24(30)28-11-8-19(14-28)21-13-22(29)27-23(26-21)18-6-9-25-10-7-18/h4-7,9-10,12-13,17,19H,8,11,14H2,1-3H3,(H,26,27,29)/t17-,19+/m0/s1. The smallest absolute Gasteiger partial charge is 0.263 e. The van der Waals surface area contributed by atoms with Gasteiger partial charge in [0.25, 0.3) is 11.5 Å². The van der Waals surface area contributed by atoms with Crippen LogP contribution in [0.25, 0.3) is 11.4 Å². The largest absolute Gasteiger partial charge is 0.481 e. The number of hydrogen-bond acceptors (Lipinski definition) is 5. The lowest BCUT2D eigenvalue weighted by molar-refractivity contribution is -0.136. The molecule has 0 aliphatic carbocycles. The predicted molar refractivity (Wildman–Crippen MR) is 118 cm³/mol. The lowest BCUT2D eigenvalue weighted by atomic mass is 10.0. The van der Waals surface area contributed by atoms with Crippen LogP contribution in [-0.2, 0) is 4.79 Å². The van der Waals surface area contributed by atoms with Crippen LogP contribution < -0.4 is 10.3 Å². The molecule has 31 heavy (non-hydrogen) atoms. The van der Waals surface area contributed by atoms with Crippen molar-refractivity contribution in [2.75, 3.05) is 13.1 Å². The van der Waals surface area contributed by atoms with Gasteiger partial charge in [-0.3, -0.25) is 14.6 Å². The Morgan fingerprint density at radius 1 is 1.16 bits per heavy atom. The average molecular weight is 418 g/mol. The molecule has 2 atom stereocenters. The monoisotopic (exact) mass is 418 g/mol. The number of nitrogens with zero attached hydrogens (tertiary/aromatic N) is 3. The minimum Gasteiger partial charge on any atom is -0.481 e. The van der Waals surface area contributed by atoms with Gasteiger partial charge < -0.3 is 14.6 Å². The summed E-state index contributed by atoms with van der Waals surface area (Å²) in [6.07, 6.45) is 3.50. The third-order valence-corrected chi connectivity index (χ3v) is 5.77. The Morgan fingerprint density at radius 2 is 1.94 bits per heavy atom. The molecule has 1 aliphatic heterocycles. The van der Waals surface area contributed by atoms with Gasteiger partial charge in [-0.2, -0.15) is 0 Å². The molecule has 7 nitrogen and oxygen atoms in total. The number of H-pyrrole nitrogens is 1. The number of carbonyl (C=O) groups excluding carboxylic acids is 1. The lowest BCUT2D eigenvalue weighted by Gasteiger charge is -2.22. The van der Waals surface area contributed by atoms with Crippen LogP contribution in [0.2, 0.25) is 0 Å². The number of benzene rings is 1. The van der Waals surface area contributed by atoms with E-state index in [2.05, 4.69) is 15.0 Å². The van der Waals surface area contributed by atoms with E-state index in [1.54, 1.807) is 36.4 Å². The molecule has 1 amide bonds. The molecule has 0 saturated carbocycles. The molecule has 160 valence electrons. The van der Waals surface area contributed by atoms with E-state index in [1.165, 1.54) is 11.6 Å². The zero-order valence-electron chi connectivity index (χ0n) is 18.0. The minimum atomic E-state index is -0.583. The van der Waals surface area contributed by atoms with Gasteiger partial charge in [-0.25, -0.2) is 4.98 Å². The van der Waals surface area contributed by atoms with Crippen LogP contribution in [0.5, 0.6) is 5.75 Å². The highest BCUT2D eigenvalue weighted by molar-refractivity contribution is 5.81. The van der Waals surface area contributed by atoms with Crippen LogP contribution in [0.15, 0.2) is 53.6 Å². The van der Waals surface area contributed by atoms with E-state index >= 15 is 0 Å². The van der Waals surface area contributed by atoms with E-state index in [0.717, 1.165) is 17.5 Å². The van der Waals surface area contributed by atoms with E-state index < -0.39 is 6.10 Å². The SMILES string of the molecule is Cc1ccc(O[C@@H](C)C(=O)N2CC[C@@H](c3cc(=O)[nH]c(-c4ccncc4)n3)C2)cc1C. The molecule has 1 aliphatic rings. The van der Waals surface area contributed by atoms with Gasteiger partial charge in [0.1, 0.15) is 11.6 Å². The first-order valence-electron chi connectivity index (χ1n) is 10.4. The Hall–Kier alpha value is -3.48. The van der Waals surface area contributed by atoms with Gasteiger partial charge in [0, 0.05) is 43.0 Å². The van der Waals surface area contributed by atoms with Crippen molar-refractivity contribution < 1.29 is 9.53 Å². The Morgan fingerprint density at radius 3 is 2.68 bits per heavy atom. The van der Waals surface area contributed by atoms with Crippen LogP contribution in [0.4, 0.5) is 0 Å². The Kier molecular flexibility index (Phi) is 5.84. The van der Waals surface area contributed by atoms with Crippen molar-refractivity contribution in [1.82, 2.24) is 19.9 Å². The lowest BCUT2D eigenvalue weighted by Crippen LogP contribution is -2.39.